The van der Waals surface area contributed by atoms with Crippen LogP contribution in [0.5, 0.6) is 5.75 Å². The number of rotatable bonds is 9. The molecular formula is C13H22N2O4S. The third kappa shape index (κ3) is 6.23. The first-order valence-electron chi connectivity index (χ1n) is 6.51. The van der Waals surface area contributed by atoms with Crippen molar-refractivity contribution in [3.05, 3.63) is 24.3 Å². The molecule has 0 fully saturated rings. The molecule has 0 saturated carbocycles. The number of sulfonamides is 1. The van der Waals surface area contributed by atoms with Gasteiger partial charge >= 0.3 is 0 Å². The highest BCUT2D eigenvalue weighted by molar-refractivity contribution is 7.89. The summed E-state index contributed by atoms with van der Waals surface area (Å²) in [5.41, 5.74) is 6.18. The minimum atomic E-state index is -3.37. The molecule has 0 aliphatic rings. The third-order valence-electron chi connectivity index (χ3n) is 2.57. The number of benzene rings is 1. The minimum Gasteiger partial charge on any atom is -0.490 e. The molecule has 1 rings (SSSR count). The van der Waals surface area contributed by atoms with Crippen LogP contribution < -0.4 is 15.2 Å². The van der Waals surface area contributed by atoms with Crippen LogP contribution in [0.3, 0.4) is 0 Å². The van der Waals surface area contributed by atoms with E-state index in [0.717, 1.165) is 0 Å². The zero-order valence-corrected chi connectivity index (χ0v) is 12.7. The molecule has 0 amide bonds. The molecule has 3 N–H and O–H groups in total. The molecule has 0 aliphatic heterocycles. The Hall–Kier alpha value is -1.31. The summed E-state index contributed by atoms with van der Waals surface area (Å²) in [7, 11) is -3.37. The number of para-hydroxylation sites is 2. The zero-order valence-electron chi connectivity index (χ0n) is 11.8. The normalized spacial score (nSPS) is 13.1. The van der Waals surface area contributed by atoms with Crippen molar-refractivity contribution in [1.82, 2.24) is 4.72 Å². The quantitative estimate of drug-likeness (QED) is 0.664. The van der Waals surface area contributed by atoms with Gasteiger partial charge in [-0.2, -0.15) is 0 Å². The van der Waals surface area contributed by atoms with Crippen LogP contribution in [-0.4, -0.2) is 40.0 Å². The van der Waals surface area contributed by atoms with Gasteiger partial charge in [0, 0.05) is 13.2 Å². The largest absolute Gasteiger partial charge is 0.490 e. The Morgan fingerprint density at radius 1 is 1.35 bits per heavy atom. The Balaban J connectivity index is 2.35. The van der Waals surface area contributed by atoms with Crippen molar-refractivity contribution in [2.24, 2.45) is 0 Å². The van der Waals surface area contributed by atoms with Crippen LogP contribution >= 0.6 is 0 Å². The Morgan fingerprint density at radius 3 is 2.70 bits per heavy atom. The molecule has 1 aromatic carbocycles. The molecule has 0 bridgehead atoms. The minimum absolute atomic E-state index is 0.0482. The summed E-state index contributed by atoms with van der Waals surface area (Å²) in [6, 6.07) is 6.97. The second-order valence-electron chi connectivity index (χ2n) is 4.32. The van der Waals surface area contributed by atoms with E-state index < -0.39 is 10.0 Å². The first-order valence-corrected chi connectivity index (χ1v) is 8.16. The Morgan fingerprint density at radius 2 is 2.05 bits per heavy atom. The highest BCUT2D eigenvalue weighted by atomic mass is 32.2. The van der Waals surface area contributed by atoms with Gasteiger partial charge in [-0.05, 0) is 26.0 Å². The van der Waals surface area contributed by atoms with Crippen LogP contribution in [0.4, 0.5) is 5.69 Å². The molecule has 7 heteroatoms. The van der Waals surface area contributed by atoms with Gasteiger partial charge in [0.05, 0.1) is 17.5 Å². The lowest BCUT2D eigenvalue weighted by Crippen LogP contribution is -2.35. The topological polar surface area (TPSA) is 90.6 Å². The third-order valence-corrected chi connectivity index (χ3v) is 3.88. The molecule has 0 heterocycles. The van der Waals surface area contributed by atoms with Crippen LogP contribution in [0.2, 0.25) is 0 Å². The maximum Gasteiger partial charge on any atom is 0.215 e. The lowest BCUT2D eigenvalue weighted by molar-refractivity contribution is 0.0799. The second-order valence-corrected chi connectivity index (χ2v) is 6.25. The number of anilines is 1. The molecule has 1 unspecified atom stereocenters. The molecule has 0 radical (unpaired) electrons. The molecule has 0 aromatic heterocycles. The molecule has 0 aliphatic carbocycles. The molecule has 0 spiro atoms. The number of nitrogens with two attached hydrogens (primary N) is 1. The molecule has 1 atom stereocenters. The predicted octanol–water partition coefficient (Wildman–Crippen LogP) is 0.992. The number of nitrogens with one attached hydrogen (secondary N) is 1. The van der Waals surface area contributed by atoms with Crippen molar-refractivity contribution in [3.8, 4) is 5.75 Å². The maximum atomic E-state index is 11.7. The van der Waals surface area contributed by atoms with E-state index in [0.29, 0.717) is 18.0 Å². The van der Waals surface area contributed by atoms with Gasteiger partial charge in [-0.25, -0.2) is 13.1 Å². The zero-order chi connectivity index (χ0) is 15.0. The summed E-state index contributed by atoms with van der Waals surface area (Å²) < 4.78 is 36.6. The molecule has 20 heavy (non-hydrogen) atoms. The van der Waals surface area contributed by atoms with E-state index in [1.165, 1.54) is 0 Å². The standard InChI is InChI=1S/C13H22N2O4S/c1-3-18-11(2)10-15-20(16,17)9-8-19-13-7-5-4-6-12(13)14/h4-7,11,15H,3,8-10,14H2,1-2H3. The summed E-state index contributed by atoms with van der Waals surface area (Å²) >= 11 is 0. The first-order chi connectivity index (χ1) is 9.44. The average Bonchev–Trinajstić information content (AvgIpc) is 2.39. The summed E-state index contributed by atoms with van der Waals surface area (Å²) in [5.74, 6) is 0.366. The Labute approximate surface area is 120 Å². The fourth-order valence-corrected chi connectivity index (χ4v) is 2.47. The van der Waals surface area contributed by atoms with Gasteiger partial charge in [0.15, 0.2) is 0 Å². The number of nitrogen functional groups attached to an aromatic ring is 1. The lowest BCUT2D eigenvalue weighted by Gasteiger charge is -2.13. The van der Waals surface area contributed by atoms with Crippen LogP contribution in [0.25, 0.3) is 0 Å². The van der Waals surface area contributed by atoms with Gasteiger partial charge in [0.2, 0.25) is 10.0 Å². The Bertz CT molecular complexity index is 505. The van der Waals surface area contributed by atoms with E-state index >= 15 is 0 Å². The molecule has 1 aromatic rings. The molecule has 0 saturated heterocycles. The fraction of sp³-hybridized carbons (Fsp3) is 0.538. The lowest BCUT2D eigenvalue weighted by atomic mass is 10.3. The first kappa shape index (κ1) is 16.7. The van der Waals surface area contributed by atoms with Crippen molar-refractivity contribution in [2.75, 3.05) is 31.2 Å². The van der Waals surface area contributed by atoms with Gasteiger partial charge in [-0.3, -0.25) is 0 Å². The second kappa shape index (κ2) is 8.08. The number of hydrogen-bond donors (Lipinski definition) is 2. The SMILES string of the molecule is CCOC(C)CNS(=O)(=O)CCOc1ccccc1N. The van der Waals surface area contributed by atoms with Gasteiger partial charge in [0.1, 0.15) is 12.4 Å². The van der Waals surface area contributed by atoms with Crippen molar-refractivity contribution in [2.45, 2.75) is 20.0 Å². The maximum absolute atomic E-state index is 11.7. The summed E-state index contributed by atoms with van der Waals surface area (Å²) in [6.07, 6.45) is -0.152. The van der Waals surface area contributed by atoms with Gasteiger partial charge < -0.3 is 15.2 Å². The summed E-state index contributed by atoms with van der Waals surface area (Å²) in [4.78, 5) is 0. The van der Waals surface area contributed by atoms with E-state index in [9.17, 15) is 8.42 Å². The fourth-order valence-electron chi connectivity index (χ4n) is 1.53. The number of ether oxygens (including phenoxy) is 2. The van der Waals surface area contributed by atoms with Crippen LogP contribution in [0.15, 0.2) is 24.3 Å². The van der Waals surface area contributed by atoms with Crippen molar-refractivity contribution in [3.63, 3.8) is 0 Å². The summed E-state index contributed by atoms with van der Waals surface area (Å²) in [6.45, 7) is 4.53. The van der Waals surface area contributed by atoms with E-state index in [-0.39, 0.29) is 25.0 Å². The van der Waals surface area contributed by atoms with E-state index in [1.54, 1.807) is 24.3 Å². The van der Waals surface area contributed by atoms with Crippen LogP contribution in [0, 0.1) is 0 Å². The highest BCUT2D eigenvalue weighted by Crippen LogP contribution is 2.19. The Kier molecular flexibility index (Phi) is 6.77. The van der Waals surface area contributed by atoms with E-state index in [4.69, 9.17) is 15.2 Å². The summed E-state index contributed by atoms with van der Waals surface area (Å²) in [5, 5.41) is 0. The molecular weight excluding hydrogens is 280 g/mol. The molecule has 114 valence electrons. The van der Waals surface area contributed by atoms with E-state index in [1.807, 2.05) is 13.8 Å². The van der Waals surface area contributed by atoms with E-state index in [2.05, 4.69) is 4.72 Å². The smallest absolute Gasteiger partial charge is 0.215 e. The highest BCUT2D eigenvalue weighted by Gasteiger charge is 2.12. The van der Waals surface area contributed by atoms with Gasteiger partial charge in [-0.15, -0.1) is 0 Å². The predicted molar refractivity (Wildman–Crippen MR) is 79.2 cm³/mol. The number of hydrogen-bond acceptors (Lipinski definition) is 5. The van der Waals surface area contributed by atoms with Gasteiger partial charge in [0.25, 0.3) is 0 Å². The van der Waals surface area contributed by atoms with Crippen molar-refractivity contribution >= 4 is 15.7 Å². The van der Waals surface area contributed by atoms with Crippen LogP contribution in [0.1, 0.15) is 13.8 Å². The van der Waals surface area contributed by atoms with Crippen molar-refractivity contribution < 1.29 is 17.9 Å². The molecule has 6 nitrogen and oxygen atoms in total. The average molecular weight is 302 g/mol. The monoisotopic (exact) mass is 302 g/mol. The van der Waals surface area contributed by atoms with Crippen LogP contribution in [-0.2, 0) is 14.8 Å². The van der Waals surface area contributed by atoms with Gasteiger partial charge in [-0.1, -0.05) is 12.1 Å². The van der Waals surface area contributed by atoms with Crippen molar-refractivity contribution in [1.29, 1.82) is 0 Å².